The Hall–Kier alpha value is -3.39. The quantitative estimate of drug-likeness (QED) is 0.468. The molecule has 0 aliphatic rings. The number of methoxy groups -OCH3 is 1. The van der Waals surface area contributed by atoms with E-state index in [0.717, 1.165) is 15.6 Å². The average molecular weight is 410 g/mol. The molecule has 0 aliphatic heterocycles. The van der Waals surface area contributed by atoms with Crippen LogP contribution in [0.4, 0.5) is 0 Å². The molecule has 0 saturated carbocycles. The van der Waals surface area contributed by atoms with Crippen LogP contribution in [-0.2, 0) is 16.1 Å². The Labute approximate surface area is 169 Å². The number of para-hydroxylation sites is 1. The van der Waals surface area contributed by atoms with Gasteiger partial charge in [-0.1, -0.05) is 29.5 Å². The van der Waals surface area contributed by atoms with E-state index in [1.165, 1.54) is 11.3 Å². The lowest BCUT2D eigenvalue weighted by molar-refractivity contribution is -0.143. The second kappa shape index (κ2) is 7.92. The predicted octanol–water partition coefficient (Wildman–Crippen LogP) is 3.76. The van der Waals surface area contributed by atoms with Crippen molar-refractivity contribution >= 4 is 44.4 Å². The van der Waals surface area contributed by atoms with Crippen LogP contribution in [0.15, 0.2) is 57.9 Å². The molecular formula is C21H18N2O5S. The number of esters is 1. The third kappa shape index (κ3) is 3.79. The van der Waals surface area contributed by atoms with Gasteiger partial charge in [-0.05, 0) is 37.3 Å². The maximum Gasteiger partial charge on any atom is 0.326 e. The molecule has 1 amide bonds. The van der Waals surface area contributed by atoms with Gasteiger partial charge in [0.2, 0.25) is 0 Å². The summed E-state index contributed by atoms with van der Waals surface area (Å²) in [7, 11) is 1.58. The molecule has 0 unspecified atom stereocenters. The van der Waals surface area contributed by atoms with Gasteiger partial charge >= 0.3 is 11.9 Å². The van der Waals surface area contributed by atoms with Crippen molar-refractivity contribution in [3.63, 3.8) is 0 Å². The summed E-state index contributed by atoms with van der Waals surface area (Å²) >= 11 is 1.29. The zero-order valence-electron chi connectivity index (χ0n) is 15.9. The van der Waals surface area contributed by atoms with Crippen molar-refractivity contribution in [2.24, 2.45) is 4.99 Å². The molecule has 2 aromatic heterocycles. The molecule has 0 aliphatic carbocycles. The van der Waals surface area contributed by atoms with Crippen molar-refractivity contribution in [1.82, 2.24) is 4.57 Å². The lowest BCUT2D eigenvalue weighted by Gasteiger charge is -2.05. The van der Waals surface area contributed by atoms with E-state index < -0.39 is 11.9 Å². The zero-order valence-corrected chi connectivity index (χ0v) is 16.7. The van der Waals surface area contributed by atoms with Crippen LogP contribution >= 0.6 is 11.3 Å². The first kappa shape index (κ1) is 18.9. The molecule has 0 N–H and O–H groups in total. The van der Waals surface area contributed by atoms with Crippen LogP contribution in [0.1, 0.15) is 17.5 Å². The Bertz CT molecular complexity index is 1250. The molecule has 2 heterocycles. The maximum absolute atomic E-state index is 12.7. The molecule has 0 spiro atoms. The van der Waals surface area contributed by atoms with Gasteiger partial charge in [-0.3, -0.25) is 9.59 Å². The van der Waals surface area contributed by atoms with Crippen LogP contribution in [0, 0.1) is 0 Å². The summed E-state index contributed by atoms with van der Waals surface area (Å²) in [5.74, 6) is -0.0981. The van der Waals surface area contributed by atoms with Gasteiger partial charge in [0.05, 0.1) is 23.9 Å². The number of rotatable bonds is 5. The van der Waals surface area contributed by atoms with Crippen LogP contribution in [-0.4, -0.2) is 30.2 Å². The molecular weight excluding hydrogens is 392 g/mol. The van der Waals surface area contributed by atoms with E-state index in [1.54, 1.807) is 36.8 Å². The Kier molecular flexibility index (Phi) is 5.18. The molecule has 2 aromatic carbocycles. The SMILES string of the molecule is CCOC(=O)Cn1c(=NC(=O)c2cc3ccccc3o2)sc2cc(OC)ccc21. The highest BCUT2D eigenvalue weighted by molar-refractivity contribution is 7.16. The molecule has 8 heteroatoms. The number of amides is 1. The summed E-state index contributed by atoms with van der Waals surface area (Å²) in [6.45, 7) is 1.97. The van der Waals surface area contributed by atoms with E-state index in [9.17, 15) is 9.59 Å². The molecule has 148 valence electrons. The number of hydrogen-bond acceptors (Lipinski definition) is 6. The number of hydrogen-bond donors (Lipinski definition) is 0. The van der Waals surface area contributed by atoms with Gasteiger partial charge in [-0.2, -0.15) is 4.99 Å². The first-order valence-electron chi connectivity index (χ1n) is 8.99. The average Bonchev–Trinajstić information content (AvgIpc) is 3.29. The summed E-state index contributed by atoms with van der Waals surface area (Å²) in [5, 5.41) is 0.825. The van der Waals surface area contributed by atoms with Crippen molar-refractivity contribution in [1.29, 1.82) is 0 Å². The van der Waals surface area contributed by atoms with Crippen LogP contribution in [0.25, 0.3) is 21.2 Å². The topological polar surface area (TPSA) is 83.0 Å². The van der Waals surface area contributed by atoms with Crippen LogP contribution in [0.5, 0.6) is 5.75 Å². The van der Waals surface area contributed by atoms with Crippen LogP contribution in [0.3, 0.4) is 0 Å². The number of aromatic nitrogens is 1. The van der Waals surface area contributed by atoms with Gasteiger partial charge in [-0.25, -0.2) is 0 Å². The third-order valence-corrected chi connectivity index (χ3v) is 5.36. The fourth-order valence-electron chi connectivity index (χ4n) is 2.98. The van der Waals surface area contributed by atoms with E-state index in [1.807, 2.05) is 30.3 Å². The molecule has 4 aromatic rings. The zero-order chi connectivity index (χ0) is 20.4. The molecule has 4 rings (SSSR count). The molecule has 29 heavy (non-hydrogen) atoms. The minimum Gasteiger partial charge on any atom is -0.497 e. The van der Waals surface area contributed by atoms with Gasteiger partial charge in [0.25, 0.3) is 0 Å². The van der Waals surface area contributed by atoms with Gasteiger partial charge in [-0.15, -0.1) is 0 Å². The Balaban J connectivity index is 1.81. The fraction of sp³-hybridized carbons (Fsp3) is 0.190. The summed E-state index contributed by atoms with van der Waals surface area (Å²) in [5.41, 5.74) is 1.38. The molecule has 0 saturated heterocycles. The summed E-state index contributed by atoms with van der Waals surface area (Å²) in [4.78, 5) is 29.4. The summed E-state index contributed by atoms with van der Waals surface area (Å²) < 4.78 is 18.5. The highest BCUT2D eigenvalue weighted by Crippen LogP contribution is 2.24. The largest absolute Gasteiger partial charge is 0.497 e. The Morgan fingerprint density at radius 2 is 2.00 bits per heavy atom. The second-order valence-electron chi connectivity index (χ2n) is 6.17. The number of thiazole rings is 1. The smallest absolute Gasteiger partial charge is 0.326 e. The Morgan fingerprint density at radius 1 is 1.17 bits per heavy atom. The van der Waals surface area contributed by atoms with Gasteiger partial charge in [0.1, 0.15) is 17.9 Å². The number of carbonyl (C=O) groups is 2. The van der Waals surface area contributed by atoms with Gasteiger partial charge in [0.15, 0.2) is 10.6 Å². The first-order valence-corrected chi connectivity index (χ1v) is 9.81. The summed E-state index contributed by atoms with van der Waals surface area (Å²) in [6, 6.07) is 14.5. The molecule has 0 fully saturated rings. The standard InChI is InChI=1S/C21H18N2O5S/c1-3-27-19(24)12-23-15-9-8-14(26-2)11-18(15)29-21(23)22-20(25)17-10-13-6-4-5-7-16(13)28-17/h4-11H,3,12H2,1-2H3. The monoisotopic (exact) mass is 410 g/mol. The number of furan rings is 1. The minimum atomic E-state index is -0.516. The lowest BCUT2D eigenvalue weighted by Crippen LogP contribution is -2.23. The molecule has 0 radical (unpaired) electrons. The Morgan fingerprint density at radius 3 is 2.76 bits per heavy atom. The normalized spacial score (nSPS) is 11.9. The van der Waals surface area contributed by atoms with Crippen molar-refractivity contribution in [2.75, 3.05) is 13.7 Å². The van der Waals surface area contributed by atoms with Crippen molar-refractivity contribution < 1.29 is 23.5 Å². The first-order chi connectivity index (χ1) is 14.1. The van der Waals surface area contributed by atoms with Crippen molar-refractivity contribution in [3.8, 4) is 5.75 Å². The summed E-state index contributed by atoms with van der Waals surface area (Å²) in [6.07, 6.45) is 0. The number of benzene rings is 2. The van der Waals surface area contributed by atoms with Gasteiger partial charge < -0.3 is 18.5 Å². The maximum atomic E-state index is 12.7. The van der Waals surface area contributed by atoms with E-state index in [4.69, 9.17) is 13.9 Å². The highest BCUT2D eigenvalue weighted by Gasteiger charge is 2.15. The highest BCUT2D eigenvalue weighted by atomic mass is 32.1. The number of fused-ring (bicyclic) bond motifs is 2. The van der Waals surface area contributed by atoms with Crippen molar-refractivity contribution in [3.05, 3.63) is 59.1 Å². The van der Waals surface area contributed by atoms with Gasteiger partial charge in [0, 0.05) is 5.39 Å². The number of ether oxygens (including phenoxy) is 2. The number of nitrogens with zero attached hydrogens (tertiary/aromatic N) is 2. The predicted molar refractivity (Wildman–Crippen MR) is 109 cm³/mol. The minimum absolute atomic E-state index is 0.0492. The van der Waals surface area contributed by atoms with E-state index >= 15 is 0 Å². The number of carbonyl (C=O) groups excluding carboxylic acids is 2. The molecule has 0 atom stereocenters. The molecule has 0 bridgehead atoms. The fourth-order valence-corrected chi connectivity index (χ4v) is 4.04. The van der Waals surface area contributed by atoms with E-state index in [2.05, 4.69) is 4.99 Å². The third-order valence-electron chi connectivity index (χ3n) is 4.32. The van der Waals surface area contributed by atoms with Crippen molar-refractivity contribution in [2.45, 2.75) is 13.5 Å². The van der Waals surface area contributed by atoms with E-state index in [0.29, 0.717) is 16.1 Å². The second-order valence-corrected chi connectivity index (χ2v) is 7.18. The lowest BCUT2D eigenvalue weighted by atomic mass is 10.2. The van der Waals surface area contributed by atoms with E-state index in [-0.39, 0.29) is 18.9 Å². The van der Waals surface area contributed by atoms with Crippen LogP contribution < -0.4 is 9.54 Å². The van der Waals surface area contributed by atoms with Crippen LogP contribution in [0.2, 0.25) is 0 Å². The molecule has 7 nitrogen and oxygen atoms in total.